The summed E-state index contributed by atoms with van der Waals surface area (Å²) in [6.07, 6.45) is -4.43. The Morgan fingerprint density at radius 2 is 1.74 bits per heavy atom. The Bertz CT molecular complexity index is 1240. The zero-order valence-electron chi connectivity index (χ0n) is 19.3. The van der Waals surface area contributed by atoms with Crippen molar-refractivity contribution >= 4 is 23.2 Å². The zero-order valence-corrected chi connectivity index (χ0v) is 20.1. The van der Waals surface area contributed by atoms with E-state index in [2.05, 4.69) is 10.3 Å². The first-order valence-corrected chi connectivity index (χ1v) is 11.2. The molecule has 0 radical (unpaired) electrons. The lowest BCUT2D eigenvalue weighted by Gasteiger charge is -2.23. The molecule has 0 aliphatic rings. The normalized spacial score (nSPS) is 11.7. The van der Waals surface area contributed by atoms with Gasteiger partial charge >= 0.3 is 12.1 Å². The summed E-state index contributed by atoms with van der Waals surface area (Å²) in [6.45, 7) is 4.63. The molecule has 3 rings (SSSR count). The fourth-order valence-electron chi connectivity index (χ4n) is 3.02. The molecule has 2 aromatic carbocycles. The van der Waals surface area contributed by atoms with E-state index in [9.17, 15) is 27.9 Å². The number of benzene rings is 2. The molecule has 0 spiro atoms. The van der Waals surface area contributed by atoms with Crippen molar-refractivity contribution < 1.29 is 37.3 Å². The lowest BCUT2D eigenvalue weighted by molar-refractivity contribution is -0.152. The van der Waals surface area contributed by atoms with Crippen molar-refractivity contribution in [1.29, 1.82) is 0 Å². The van der Waals surface area contributed by atoms with Crippen molar-refractivity contribution in [2.45, 2.75) is 39.1 Å². The van der Waals surface area contributed by atoms with Gasteiger partial charge in [-0.15, -0.1) is 11.3 Å². The van der Waals surface area contributed by atoms with E-state index in [0.717, 1.165) is 23.5 Å². The van der Waals surface area contributed by atoms with Crippen molar-refractivity contribution in [3.63, 3.8) is 0 Å². The Kier molecular flexibility index (Phi) is 7.39. The highest BCUT2D eigenvalue weighted by Gasteiger charge is 2.31. The van der Waals surface area contributed by atoms with Crippen molar-refractivity contribution in [3.8, 4) is 22.1 Å². The number of nitrogens with one attached hydrogen (secondary N) is 1. The van der Waals surface area contributed by atoms with E-state index in [0.29, 0.717) is 32.5 Å². The van der Waals surface area contributed by atoms with E-state index in [-0.39, 0.29) is 18.2 Å². The molecular formula is C24H23F3N2O5S. The molecule has 1 amide bonds. The number of hydrogen-bond acceptors (Lipinski definition) is 6. The lowest BCUT2D eigenvalue weighted by Crippen LogP contribution is -2.38. The average molecular weight is 509 g/mol. The third kappa shape index (κ3) is 6.10. The van der Waals surface area contributed by atoms with Crippen LogP contribution in [0.2, 0.25) is 0 Å². The number of aromatic nitrogens is 1. The Labute approximate surface area is 203 Å². The van der Waals surface area contributed by atoms with Crippen LogP contribution in [-0.2, 0) is 17.5 Å². The number of thiazole rings is 1. The Hall–Kier alpha value is -3.60. The van der Waals surface area contributed by atoms with Gasteiger partial charge in [-0.25, -0.2) is 9.78 Å². The number of carboxylic acid groups (broad SMARTS) is 1. The van der Waals surface area contributed by atoms with Crippen LogP contribution >= 0.6 is 11.3 Å². The summed E-state index contributed by atoms with van der Waals surface area (Å²) in [7, 11) is 1.42. The highest BCUT2D eigenvalue weighted by molar-refractivity contribution is 7.17. The number of amides is 1. The molecule has 0 fully saturated rings. The number of hydrogen-bond donors (Lipinski definition) is 2. The molecule has 0 atom stereocenters. The molecule has 186 valence electrons. The molecule has 0 aliphatic carbocycles. The van der Waals surface area contributed by atoms with Crippen molar-refractivity contribution in [1.82, 2.24) is 10.3 Å². The second-order valence-corrected chi connectivity index (χ2v) is 9.09. The number of carbonyl (C=O) groups is 2. The van der Waals surface area contributed by atoms with Gasteiger partial charge < -0.3 is 19.9 Å². The molecule has 1 aromatic heterocycles. The topological polar surface area (TPSA) is 97.8 Å². The summed E-state index contributed by atoms with van der Waals surface area (Å²) in [4.78, 5) is 28.7. The first-order valence-electron chi connectivity index (χ1n) is 10.3. The SMILES string of the molecule is COc1cc(CNC(=O)c2sc(-c3ccc(C(F)(F)F)cc3)nc2C)ccc1OC(C)(C)C(=O)O. The first kappa shape index (κ1) is 26.0. The number of rotatable bonds is 8. The molecule has 7 nitrogen and oxygen atoms in total. The fraction of sp³-hybridized carbons (Fsp3) is 0.292. The Morgan fingerprint density at radius 1 is 1.09 bits per heavy atom. The highest BCUT2D eigenvalue weighted by Crippen LogP contribution is 2.34. The monoisotopic (exact) mass is 508 g/mol. The second kappa shape index (κ2) is 9.95. The minimum atomic E-state index is -4.43. The molecule has 1 heterocycles. The van der Waals surface area contributed by atoms with Crippen molar-refractivity contribution in [2.24, 2.45) is 0 Å². The van der Waals surface area contributed by atoms with Crippen LogP contribution in [0.4, 0.5) is 13.2 Å². The number of carbonyl (C=O) groups excluding carboxylic acids is 1. The Balaban J connectivity index is 1.71. The maximum atomic E-state index is 12.8. The van der Waals surface area contributed by atoms with E-state index in [1.54, 1.807) is 25.1 Å². The van der Waals surface area contributed by atoms with Gasteiger partial charge in [0.2, 0.25) is 0 Å². The number of halogens is 3. The van der Waals surface area contributed by atoms with Gasteiger partial charge in [0.15, 0.2) is 17.1 Å². The Morgan fingerprint density at radius 3 is 2.31 bits per heavy atom. The standard InChI is InChI=1S/C24H23F3N2O5S/c1-13-19(35-21(29-13)15-6-8-16(9-7-15)24(25,26)27)20(30)28-12-14-5-10-17(18(11-14)33-4)34-23(2,3)22(31)32/h5-11H,12H2,1-4H3,(H,28,30)(H,31,32). The summed E-state index contributed by atoms with van der Waals surface area (Å²) in [6, 6.07) is 9.46. The zero-order chi connectivity index (χ0) is 26.0. The second-order valence-electron chi connectivity index (χ2n) is 8.09. The number of methoxy groups -OCH3 is 1. The molecule has 0 saturated carbocycles. The van der Waals surface area contributed by atoms with Gasteiger partial charge in [0, 0.05) is 12.1 Å². The van der Waals surface area contributed by atoms with Crippen LogP contribution in [0, 0.1) is 6.92 Å². The lowest BCUT2D eigenvalue weighted by atomic mass is 10.1. The summed E-state index contributed by atoms with van der Waals surface area (Å²) in [5.74, 6) is -0.963. The number of ether oxygens (including phenoxy) is 2. The molecule has 0 bridgehead atoms. The van der Waals surface area contributed by atoms with Gasteiger partial charge in [-0.3, -0.25) is 4.79 Å². The summed E-state index contributed by atoms with van der Waals surface area (Å²) >= 11 is 1.08. The molecular weight excluding hydrogens is 485 g/mol. The van der Waals surface area contributed by atoms with Crippen LogP contribution in [0.1, 0.15) is 40.3 Å². The number of aliphatic carboxylic acids is 1. The molecule has 35 heavy (non-hydrogen) atoms. The summed E-state index contributed by atoms with van der Waals surface area (Å²) in [5, 5.41) is 12.5. The van der Waals surface area contributed by atoms with E-state index >= 15 is 0 Å². The highest BCUT2D eigenvalue weighted by atomic mass is 32.1. The third-order valence-corrected chi connectivity index (χ3v) is 6.23. The van der Waals surface area contributed by atoms with Crippen LogP contribution in [0.5, 0.6) is 11.5 Å². The summed E-state index contributed by atoms with van der Waals surface area (Å²) in [5.41, 5.74) is -0.599. The molecule has 2 N–H and O–H groups in total. The van der Waals surface area contributed by atoms with Crippen LogP contribution in [0.3, 0.4) is 0 Å². The van der Waals surface area contributed by atoms with E-state index in [1.165, 1.54) is 33.1 Å². The minimum absolute atomic E-state index is 0.144. The minimum Gasteiger partial charge on any atom is -0.493 e. The van der Waals surface area contributed by atoms with Gasteiger partial charge in [-0.2, -0.15) is 13.2 Å². The van der Waals surface area contributed by atoms with Crippen LogP contribution in [-0.4, -0.2) is 34.7 Å². The van der Waals surface area contributed by atoms with E-state index in [1.807, 2.05) is 0 Å². The first-order chi connectivity index (χ1) is 16.3. The quantitative estimate of drug-likeness (QED) is 0.428. The summed E-state index contributed by atoms with van der Waals surface area (Å²) < 4.78 is 49.2. The smallest absolute Gasteiger partial charge is 0.416 e. The number of nitrogens with zero attached hydrogens (tertiary/aromatic N) is 1. The van der Waals surface area contributed by atoms with Gasteiger partial charge in [0.05, 0.1) is 18.4 Å². The van der Waals surface area contributed by atoms with Crippen LogP contribution in [0.25, 0.3) is 10.6 Å². The van der Waals surface area contributed by atoms with E-state index in [4.69, 9.17) is 9.47 Å². The predicted molar refractivity (Wildman–Crippen MR) is 124 cm³/mol. The van der Waals surface area contributed by atoms with E-state index < -0.39 is 23.3 Å². The molecule has 11 heteroatoms. The fourth-order valence-corrected chi connectivity index (χ4v) is 4.01. The molecule has 0 saturated heterocycles. The number of carboxylic acids is 1. The maximum absolute atomic E-state index is 12.8. The van der Waals surface area contributed by atoms with Crippen LogP contribution < -0.4 is 14.8 Å². The predicted octanol–water partition coefficient (Wildman–Crippen LogP) is 5.32. The average Bonchev–Trinajstić information content (AvgIpc) is 3.19. The van der Waals surface area contributed by atoms with Crippen LogP contribution in [0.15, 0.2) is 42.5 Å². The van der Waals surface area contributed by atoms with Crippen molar-refractivity contribution in [2.75, 3.05) is 7.11 Å². The molecule has 0 aliphatic heterocycles. The van der Waals surface area contributed by atoms with Crippen molar-refractivity contribution in [3.05, 3.63) is 64.2 Å². The third-order valence-electron chi connectivity index (χ3n) is 5.02. The number of aryl methyl sites for hydroxylation is 1. The van der Waals surface area contributed by atoms with Gasteiger partial charge in [0.1, 0.15) is 9.88 Å². The maximum Gasteiger partial charge on any atom is 0.416 e. The van der Waals surface area contributed by atoms with Gasteiger partial charge in [-0.05, 0) is 50.6 Å². The van der Waals surface area contributed by atoms with Gasteiger partial charge in [0.25, 0.3) is 5.91 Å². The molecule has 0 unspecified atom stereocenters. The number of alkyl halides is 3. The largest absolute Gasteiger partial charge is 0.493 e. The molecule has 3 aromatic rings. The van der Waals surface area contributed by atoms with Gasteiger partial charge in [-0.1, -0.05) is 18.2 Å².